The zero-order valence-electron chi connectivity index (χ0n) is 18.5. The number of para-hydroxylation sites is 1. The fourth-order valence-electron chi connectivity index (χ4n) is 3.61. The number of thioether (sulfide) groups is 1. The number of halogens is 1. The highest BCUT2D eigenvalue weighted by atomic mass is 35.5. The summed E-state index contributed by atoms with van der Waals surface area (Å²) in [6.45, 7) is 0. The lowest BCUT2D eigenvalue weighted by molar-refractivity contribution is 0.219. The lowest BCUT2D eigenvalue weighted by Crippen LogP contribution is -2.18. The largest absolute Gasteiger partial charge is 0.497 e. The summed E-state index contributed by atoms with van der Waals surface area (Å²) in [4.78, 5) is 4.71. The van der Waals surface area contributed by atoms with Gasteiger partial charge in [-0.15, -0.1) is 10.2 Å². The Morgan fingerprint density at radius 1 is 1.00 bits per heavy atom. The van der Waals surface area contributed by atoms with Crippen LogP contribution in [-0.4, -0.2) is 29.4 Å². The molecule has 172 valence electrons. The Hall–Kier alpha value is -3.49. The summed E-state index contributed by atoms with van der Waals surface area (Å²) >= 11 is 7.47. The Bertz CT molecular complexity index is 1320. The van der Waals surface area contributed by atoms with E-state index in [9.17, 15) is 0 Å². The SMILES string of the molecule is COc1ccc(C2Nc3ccccc3-c3nnc(SCc4ccc(Cl)cc4)nc3O2)c(OC)c1. The van der Waals surface area contributed by atoms with Gasteiger partial charge < -0.3 is 19.5 Å². The number of fused-ring (bicyclic) bond motifs is 3. The minimum Gasteiger partial charge on any atom is -0.497 e. The molecule has 1 aromatic heterocycles. The van der Waals surface area contributed by atoms with E-state index in [1.807, 2.05) is 66.7 Å². The van der Waals surface area contributed by atoms with Crippen LogP contribution >= 0.6 is 23.4 Å². The Balaban J connectivity index is 1.50. The molecule has 0 saturated carbocycles. The van der Waals surface area contributed by atoms with Gasteiger partial charge in [-0.1, -0.05) is 53.7 Å². The first-order chi connectivity index (χ1) is 16.6. The molecule has 3 aromatic carbocycles. The minimum absolute atomic E-state index is 0.397. The predicted octanol–water partition coefficient (Wildman–Crippen LogP) is 6.00. The normalized spacial score (nSPS) is 14.1. The second-order valence-corrected chi connectivity index (χ2v) is 8.84. The number of hydrogen-bond donors (Lipinski definition) is 1. The van der Waals surface area contributed by atoms with Crippen LogP contribution in [0.2, 0.25) is 5.02 Å². The van der Waals surface area contributed by atoms with Crippen molar-refractivity contribution in [1.82, 2.24) is 15.2 Å². The number of nitrogens with one attached hydrogen (secondary N) is 1. The van der Waals surface area contributed by atoms with Crippen LogP contribution in [0.5, 0.6) is 17.4 Å². The molecule has 1 aliphatic rings. The highest BCUT2D eigenvalue weighted by molar-refractivity contribution is 7.98. The van der Waals surface area contributed by atoms with E-state index in [-0.39, 0.29) is 0 Å². The maximum Gasteiger partial charge on any atom is 0.247 e. The van der Waals surface area contributed by atoms with E-state index in [0.29, 0.717) is 39.0 Å². The van der Waals surface area contributed by atoms with Gasteiger partial charge in [0.2, 0.25) is 17.3 Å². The average molecular weight is 493 g/mol. The monoisotopic (exact) mass is 492 g/mol. The van der Waals surface area contributed by atoms with Crippen LogP contribution in [0, 0.1) is 0 Å². The summed E-state index contributed by atoms with van der Waals surface area (Å²) in [5, 5.41) is 13.5. The molecule has 0 radical (unpaired) electrons. The lowest BCUT2D eigenvalue weighted by atomic mass is 10.1. The number of nitrogens with zero attached hydrogens (tertiary/aromatic N) is 3. The third-order valence-corrected chi connectivity index (χ3v) is 6.50. The number of aromatic nitrogens is 3. The first kappa shape index (κ1) is 22.3. The third-order valence-electron chi connectivity index (χ3n) is 5.34. The van der Waals surface area contributed by atoms with E-state index in [2.05, 4.69) is 15.5 Å². The minimum atomic E-state index is -0.561. The van der Waals surface area contributed by atoms with Gasteiger partial charge in [-0.2, -0.15) is 4.98 Å². The van der Waals surface area contributed by atoms with Crippen LogP contribution in [0.3, 0.4) is 0 Å². The highest BCUT2D eigenvalue weighted by Gasteiger charge is 2.28. The topological polar surface area (TPSA) is 78.4 Å². The zero-order chi connectivity index (χ0) is 23.5. The molecule has 0 spiro atoms. The first-order valence-electron chi connectivity index (χ1n) is 10.5. The Morgan fingerprint density at radius 2 is 1.82 bits per heavy atom. The molecule has 1 aliphatic heterocycles. The van der Waals surface area contributed by atoms with Crippen molar-refractivity contribution >= 4 is 29.1 Å². The van der Waals surface area contributed by atoms with Gasteiger partial charge in [0.1, 0.15) is 11.5 Å². The van der Waals surface area contributed by atoms with Gasteiger partial charge in [0.15, 0.2) is 5.69 Å². The molecule has 1 unspecified atom stereocenters. The van der Waals surface area contributed by atoms with Gasteiger partial charge >= 0.3 is 0 Å². The van der Waals surface area contributed by atoms with Gasteiger partial charge in [-0.25, -0.2) is 0 Å². The second kappa shape index (κ2) is 9.79. The Kier molecular flexibility index (Phi) is 6.42. The van der Waals surface area contributed by atoms with Crippen LogP contribution in [-0.2, 0) is 5.75 Å². The fourth-order valence-corrected chi connectivity index (χ4v) is 4.47. The first-order valence-corrected chi connectivity index (χ1v) is 11.9. The van der Waals surface area contributed by atoms with Gasteiger partial charge in [0, 0.05) is 28.1 Å². The highest BCUT2D eigenvalue weighted by Crippen LogP contribution is 2.41. The van der Waals surface area contributed by atoms with Crippen LogP contribution in [0.1, 0.15) is 17.4 Å². The molecule has 1 N–H and O–H groups in total. The summed E-state index contributed by atoms with van der Waals surface area (Å²) in [5.41, 5.74) is 4.22. The van der Waals surface area contributed by atoms with Crippen LogP contribution in [0.15, 0.2) is 71.9 Å². The summed E-state index contributed by atoms with van der Waals surface area (Å²) in [5.74, 6) is 2.41. The van der Waals surface area contributed by atoms with Crippen molar-refractivity contribution in [3.8, 4) is 28.6 Å². The Morgan fingerprint density at radius 3 is 2.62 bits per heavy atom. The molecule has 0 saturated heterocycles. The van der Waals surface area contributed by atoms with Crippen molar-refractivity contribution in [2.75, 3.05) is 19.5 Å². The lowest BCUT2D eigenvalue weighted by Gasteiger charge is -2.21. The molecule has 7 nitrogen and oxygen atoms in total. The van der Waals surface area contributed by atoms with Crippen LogP contribution in [0.4, 0.5) is 5.69 Å². The molecule has 0 fully saturated rings. The number of hydrogen-bond acceptors (Lipinski definition) is 8. The van der Waals surface area contributed by atoms with Crippen molar-refractivity contribution in [2.24, 2.45) is 0 Å². The van der Waals surface area contributed by atoms with Gasteiger partial charge in [0.25, 0.3) is 0 Å². The van der Waals surface area contributed by atoms with E-state index in [0.717, 1.165) is 22.4 Å². The quantitative estimate of drug-likeness (QED) is 0.328. The number of anilines is 1. The average Bonchev–Trinajstić information content (AvgIpc) is 3.04. The van der Waals surface area contributed by atoms with E-state index in [1.54, 1.807) is 14.2 Å². The molecule has 9 heteroatoms. The standard InChI is InChI=1S/C25H21ClN4O3S/c1-31-17-11-12-19(21(13-17)32-2)23-27-20-6-4-3-5-18(20)22-24(33-23)28-25(30-29-22)34-14-15-7-9-16(26)10-8-15/h3-13,23,27H,14H2,1-2H3. The number of benzene rings is 3. The molecule has 0 aliphatic carbocycles. The van der Waals surface area contributed by atoms with Crippen molar-refractivity contribution in [3.63, 3.8) is 0 Å². The van der Waals surface area contributed by atoms with E-state index >= 15 is 0 Å². The van der Waals surface area contributed by atoms with E-state index < -0.39 is 6.23 Å². The molecule has 1 atom stereocenters. The number of methoxy groups -OCH3 is 2. The molecule has 0 amide bonds. The summed E-state index contributed by atoms with van der Waals surface area (Å²) < 4.78 is 17.3. The van der Waals surface area contributed by atoms with Crippen molar-refractivity contribution in [3.05, 3.63) is 82.9 Å². The van der Waals surface area contributed by atoms with Gasteiger partial charge in [0.05, 0.1) is 19.8 Å². The maximum atomic E-state index is 6.37. The summed E-state index contributed by atoms with van der Waals surface area (Å²) in [6.07, 6.45) is -0.561. The third kappa shape index (κ3) is 4.60. The maximum absolute atomic E-state index is 6.37. The fraction of sp³-hybridized carbons (Fsp3) is 0.160. The molecular formula is C25H21ClN4O3S. The number of rotatable bonds is 6. The predicted molar refractivity (Wildman–Crippen MR) is 133 cm³/mol. The van der Waals surface area contributed by atoms with Gasteiger partial charge in [-0.3, -0.25) is 0 Å². The summed E-state index contributed by atoms with van der Waals surface area (Å²) in [6, 6.07) is 21.1. The molecule has 34 heavy (non-hydrogen) atoms. The molecule has 5 rings (SSSR count). The van der Waals surface area contributed by atoms with Crippen molar-refractivity contribution in [1.29, 1.82) is 0 Å². The van der Waals surface area contributed by atoms with Crippen molar-refractivity contribution in [2.45, 2.75) is 17.1 Å². The van der Waals surface area contributed by atoms with E-state index in [4.69, 9.17) is 30.8 Å². The molecular weight excluding hydrogens is 472 g/mol. The molecule has 2 heterocycles. The van der Waals surface area contributed by atoms with Crippen LogP contribution in [0.25, 0.3) is 11.3 Å². The smallest absolute Gasteiger partial charge is 0.247 e. The number of ether oxygens (including phenoxy) is 3. The molecule has 4 aromatic rings. The van der Waals surface area contributed by atoms with Crippen LogP contribution < -0.4 is 19.5 Å². The van der Waals surface area contributed by atoms with Gasteiger partial charge in [-0.05, 0) is 35.9 Å². The van der Waals surface area contributed by atoms with Crippen molar-refractivity contribution < 1.29 is 14.2 Å². The van der Waals surface area contributed by atoms with E-state index in [1.165, 1.54) is 11.8 Å². The summed E-state index contributed by atoms with van der Waals surface area (Å²) in [7, 11) is 3.24. The second-order valence-electron chi connectivity index (χ2n) is 7.46. The molecule has 0 bridgehead atoms. The Labute approximate surface area is 206 Å². The zero-order valence-corrected chi connectivity index (χ0v) is 20.1.